The van der Waals surface area contributed by atoms with Gasteiger partial charge in [0.25, 0.3) is 0 Å². The molecule has 2 heteroatoms. The van der Waals surface area contributed by atoms with Crippen molar-refractivity contribution < 1.29 is 0 Å². The summed E-state index contributed by atoms with van der Waals surface area (Å²) in [5.41, 5.74) is 11.7. The Morgan fingerprint density at radius 1 is 1.45 bits per heavy atom. The largest absolute Gasteiger partial charge is 0.382 e. The van der Waals surface area contributed by atoms with Crippen molar-refractivity contribution in [3.63, 3.8) is 0 Å². The highest BCUT2D eigenvalue weighted by Gasteiger charge is 2.37. The second kappa shape index (κ2) is 6.01. The van der Waals surface area contributed by atoms with Crippen molar-refractivity contribution in [3.05, 3.63) is 47.2 Å². The standard InChI is InChI=1S/C18H28N2/c1-5-15(16-9-7-6-8-13(16)2)12-17(19)14(3)20-18(4)10-11-18/h5,8-9,17,20H,3,6-7,10-12,19H2,1-2,4H3/b15-5-. The SMILES string of the molecule is C=C(NC1(C)CC1)C(N)C/C(=C/C)C1=CCCC=C1C. The lowest BCUT2D eigenvalue weighted by atomic mass is 9.88. The number of rotatable bonds is 6. The maximum Gasteiger partial charge on any atom is 0.0479 e. The number of hydrogen-bond donors (Lipinski definition) is 2. The average molecular weight is 272 g/mol. The molecular formula is C18H28N2. The first-order valence-corrected chi connectivity index (χ1v) is 7.70. The van der Waals surface area contributed by atoms with Crippen molar-refractivity contribution in [1.82, 2.24) is 5.32 Å². The molecule has 2 nitrogen and oxygen atoms in total. The number of nitrogens with two attached hydrogens (primary N) is 1. The van der Waals surface area contributed by atoms with E-state index in [1.165, 1.54) is 29.6 Å². The lowest BCUT2D eigenvalue weighted by Crippen LogP contribution is -2.37. The van der Waals surface area contributed by atoms with Gasteiger partial charge < -0.3 is 11.1 Å². The van der Waals surface area contributed by atoms with Crippen molar-refractivity contribution in [2.45, 2.75) is 64.5 Å². The Labute approximate surface area is 123 Å². The molecule has 0 saturated heterocycles. The summed E-state index contributed by atoms with van der Waals surface area (Å²) in [6.07, 6.45) is 12.5. The van der Waals surface area contributed by atoms with Gasteiger partial charge in [-0.2, -0.15) is 0 Å². The minimum absolute atomic E-state index is 0.0192. The van der Waals surface area contributed by atoms with Gasteiger partial charge in [-0.1, -0.05) is 24.8 Å². The topological polar surface area (TPSA) is 38.0 Å². The van der Waals surface area contributed by atoms with Gasteiger partial charge >= 0.3 is 0 Å². The predicted octanol–water partition coefficient (Wildman–Crippen LogP) is 3.97. The summed E-state index contributed by atoms with van der Waals surface area (Å²) < 4.78 is 0. The van der Waals surface area contributed by atoms with E-state index in [0.717, 1.165) is 25.0 Å². The van der Waals surface area contributed by atoms with Crippen LogP contribution in [0.5, 0.6) is 0 Å². The van der Waals surface area contributed by atoms with E-state index < -0.39 is 0 Å². The fourth-order valence-corrected chi connectivity index (χ4v) is 2.72. The molecule has 1 unspecified atom stereocenters. The van der Waals surface area contributed by atoms with E-state index in [2.05, 4.69) is 50.9 Å². The van der Waals surface area contributed by atoms with E-state index in [0.29, 0.717) is 0 Å². The van der Waals surface area contributed by atoms with E-state index in [1.54, 1.807) is 0 Å². The zero-order valence-corrected chi connectivity index (χ0v) is 13.1. The minimum Gasteiger partial charge on any atom is -0.382 e. The predicted molar refractivity (Wildman–Crippen MR) is 87.3 cm³/mol. The molecule has 0 aromatic heterocycles. The lowest BCUT2D eigenvalue weighted by Gasteiger charge is -2.24. The van der Waals surface area contributed by atoms with Gasteiger partial charge in [0.05, 0.1) is 0 Å². The molecule has 0 radical (unpaired) electrons. The fourth-order valence-electron chi connectivity index (χ4n) is 2.72. The third-order valence-electron chi connectivity index (χ3n) is 4.43. The normalized spacial score (nSPS) is 22.7. The summed E-state index contributed by atoms with van der Waals surface area (Å²) >= 11 is 0. The van der Waals surface area contributed by atoms with Crippen molar-refractivity contribution in [3.8, 4) is 0 Å². The molecule has 1 atom stereocenters. The van der Waals surface area contributed by atoms with E-state index in [1.807, 2.05) is 0 Å². The second-order valence-corrected chi connectivity index (χ2v) is 6.42. The number of allylic oxidation sites excluding steroid dienone is 5. The highest BCUT2D eigenvalue weighted by atomic mass is 15.0. The Hall–Kier alpha value is -1.28. The Kier molecular flexibility index (Phi) is 4.54. The van der Waals surface area contributed by atoms with Crippen LogP contribution in [0.1, 0.15) is 52.9 Å². The third kappa shape index (κ3) is 3.63. The molecule has 0 aromatic rings. The van der Waals surface area contributed by atoms with Crippen LogP contribution in [0, 0.1) is 0 Å². The summed E-state index contributed by atoms with van der Waals surface area (Å²) in [6, 6.07) is -0.0192. The molecular weight excluding hydrogens is 244 g/mol. The van der Waals surface area contributed by atoms with E-state index in [-0.39, 0.29) is 11.6 Å². The van der Waals surface area contributed by atoms with Crippen LogP contribution in [0.15, 0.2) is 47.2 Å². The molecule has 0 spiro atoms. The molecule has 0 aromatic carbocycles. The first-order chi connectivity index (χ1) is 9.45. The van der Waals surface area contributed by atoms with Gasteiger partial charge in [0.1, 0.15) is 0 Å². The van der Waals surface area contributed by atoms with Crippen LogP contribution in [-0.2, 0) is 0 Å². The fraction of sp³-hybridized carbons (Fsp3) is 0.556. The summed E-state index contributed by atoms with van der Waals surface area (Å²) in [6.45, 7) is 10.7. The monoisotopic (exact) mass is 272 g/mol. The van der Waals surface area contributed by atoms with Crippen LogP contribution >= 0.6 is 0 Å². The summed E-state index contributed by atoms with van der Waals surface area (Å²) in [5.74, 6) is 0. The van der Waals surface area contributed by atoms with E-state index >= 15 is 0 Å². The van der Waals surface area contributed by atoms with Gasteiger partial charge in [-0.25, -0.2) is 0 Å². The summed E-state index contributed by atoms with van der Waals surface area (Å²) in [7, 11) is 0. The van der Waals surface area contributed by atoms with Gasteiger partial charge in [0.2, 0.25) is 0 Å². The Bertz CT molecular complexity index is 476. The first-order valence-electron chi connectivity index (χ1n) is 7.70. The van der Waals surface area contributed by atoms with Crippen molar-refractivity contribution in [1.29, 1.82) is 0 Å². The zero-order valence-electron chi connectivity index (χ0n) is 13.1. The van der Waals surface area contributed by atoms with Crippen molar-refractivity contribution >= 4 is 0 Å². The van der Waals surface area contributed by atoms with Gasteiger partial charge in [-0.15, -0.1) is 0 Å². The summed E-state index contributed by atoms with van der Waals surface area (Å²) in [4.78, 5) is 0. The van der Waals surface area contributed by atoms with Gasteiger partial charge in [0.15, 0.2) is 0 Å². The van der Waals surface area contributed by atoms with Crippen LogP contribution in [-0.4, -0.2) is 11.6 Å². The quantitative estimate of drug-likeness (QED) is 0.767. The second-order valence-electron chi connectivity index (χ2n) is 6.42. The molecule has 0 bridgehead atoms. The maximum atomic E-state index is 6.33. The molecule has 2 aliphatic carbocycles. The van der Waals surface area contributed by atoms with Crippen LogP contribution in [0.2, 0.25) is 0 Å². The number of hydrogen-bond acceptors (Lipinski definition) is 2. The smallest absolute Gasteiger partial charge is 0.0479 e. The summed E-state index contributed by atoms with van der Waals surface area (Å²) in [5, 5.41) is 3.49. The van der Waals surface area contributed by atoms with Crippen LogP contribution in [0.25, 0.3) is 0 Å². The maximum absolute atomic E-state index is 6.33. The Morgan fingerprint density at radius 2 is 2.10 bits per heavy atom. The Balaban J connectivity index is 1.98. The molecule has 20 heavy (non-hydrogen) atoms. The molecule has 3 N–H and O–H groups in total. The van der Waals surface area contributed by atoms with Crippen LogP contribution in [0.3, 0.4) is 0 Å². The van der Waals surface area contributed by atoms with Gasteiger partial charge in [-0.3, -0.25) is 0 Å². The van der Waals surface area contributed by atoms with E-state index in [9.17, 15) is 0 Å². The molecule has 0 heterocycles. The van der Waals surface area contributed by atoms with Crippen molar-refractivity contribution in [2.75, 3.05) is 0 Å². The number of nitrogens with one attached hydrogen (secondary N) is 1. The molecule has 0 aliphatic heterocycles. The molecule has 1 fully saturated rings. The van der Waals surface area contributed by atoms with Crippen molar-refractivity contribution in [2.24, 2.45) is 5.73 Å². The molecule has 2 rings (SSSR count). The van der Waals surface area contributed by atoms with Gasteiger partial charge in [-0.05, 0) is 69.6 Å². The highest BCUT2D eigenvalue weighted by Crippen LogP contribution is 2.36. The molecule has 2 aliphatic rings. The first kappa shape index (κ1) is 15.1. The zero-order chi connectivity index (χ0) is 14.8. The molecule has 0 amide bonds. The molecule has 110 valence electrons. The minimum atomic E-state index is -0.0192. The average Bonchev–Trinajstić information content (AvgIpc) is 3.14. The Morgan fingerprint density at radius 3 is 2.65 bits per heavy atom. The van der Waals surface area contributed by atoms with E-state index in [4.69, 9.17) is 5.73 Å². The highest BCUT2D eigenvalue weighted by molar-refractivity contribution is 5.47. The van der Waals surface area contributed by atoms with Crippen LogP contribution in [0.4, 0.5) is 0 Å². The third-order valence-corrected chi connectivity index (χ3v) is 4.43. The lowest BCUT2D eigenvalue weighted by molar-refractivity contribution is 0.561. The van der Waals surface area contributed by atoms with Crippen LogP contribution < -0.4 is 11.1 Å². The molecule has 1 saturated carbocycles. The van der Waals surface area contributed by atoms with Gasteiger partial charge in [0, 0.05) is 17.3 Å².